The number of methoxy groups -OCH3 is 1. The van der Waals surface area contributed by atoms with Crippen LogP contribution in [0.3, 0.4) is 0 Å². The molecule has 1 aromatic carbocycles. The minimum absolute atomic E-state index is 0.215. The van der Waals surface area contributed by atoms with Crippen molar-refractivity contribution in [1.29, 1.82) is 0 Å². The highest BCUT2D eigenvalue weighted by molar-refractivity contribution is 7.09. The van der Waals surface area contributed by atoms with Gasteiger partial charge in [-0.05, 0) is 47.2 Å². The van der Waals surface area contributed by atoms with Crippen molar-refractivity contribution in [1.82, 2.24) is 9.55 Å². The molecule has 2 heterocycles. The van der Waals surface area contributed by atoms with Gasteiger partial charge >= 0.3 is 5.97 Å². The van der Waals surface area contributed by atoms with Crippen LogP contribution >= 0.6 is 11.3 Å². The zero-order chi connectivity index (χ0) is 22.2. The van der Waals surface area contributed by atoms with Crippen molar-refractivity contribution in [3.05, 3.63) is 81.1 Å². The summed E-state index contributed by atoms with van der Waals surface area (Å²) in [5, 5.41) is 13.7. The van der Waals surface area contributed by atoms with Crippen LogP contribution in [-0.2, 0) is 28.9 Å². The molecule has 0 aliphatic carbocycles. The number of aryl methyl sites for hydroxylation is 1. The van der Waals surface area contributed by atoms with Crippen LogP contribution in [0.15, 0.2) is 53.5 Å². The number of unbranched alkanes of at least 4 members (excludes halogenated alkanes) is 1. The molecule has 0 fully saturated rings. The Morgan fingerprint density at radius 1 is 1.23 bits per heavy atom. The number of carbonyl (C=O) groups is 2. The number of carbonyl (C=O) groups excluding carboxylic acids is 2. The standard InChI is InChI=1S/C24H26N2O4S/c1-3-4-7-22-25-15-20(13-19(23(27)28)14-21-6-5-12-31-21)26(22)16-17-8-10-18(11-9-17)24(29)30-2/h5-6,8-13,15H,3-4,7,14,16H2,1-2H3,(H,27,28)/p-1. The lowest BCUT2D eigenvalue weighted by Gasteiger charge is -2.13. The number of hydrogen-bond acceptors (Lipinski definition) is 6. The molecule has 0 N–H and O–H groups in total. The summed E-state index contributed by atoms with van der Waals surface area (Å²) in [6, 6.07) is 11.0. The average Bonchev–Trinajstić information content (AvgIpc) is 3.42. The van der Waals surface area contributed by atoms with Crippen LogP contribution in [0.5, 0.6) is 0 Å². The van der Waals surface area contributed by atoms with Gasteiger partial charge in [-0.25, -0.2) is 9.78 Å². The van der Waals surface area contributed by atoms with Crippen molar-refractivity contribution in [2.75, 3.05) is 7.11 Å². The highest BCUT2D eigenvalue weighted by Crippen LogP contribution is 2.19. The highest BCUT2D eigenvalue weighted by atomic mass is 32.1. The third kappa shape index (κ3) is 5.92. The number of benzene rings is 1. The predicted octanol–water partition coefficient (Wildman–Crippen LogP) is 3.50. The van der Waals surface area contributed by atoms with Crippen LogP contribution in [-0.4, -0.2) is 28.6 Å². The summed E-state index contributed by atoms with van der Waals surface area (Å²) >= 11 is 1.52. The quantitative estimate of drug-likeness (QED) is 0.358. The number of nitrogens with zero attached hydrogens (tertiary/aromatic N) is 2. The molecule has 0 aliphatic rings. The first-order chi connectivity index (χ1) is 15.0. The van der Waals surface area contributed by atoms with Gasteiger partial charge in [-0.1, -0.05) is 31.5 Å². The Balaban J connectivity index is 1.92. The van der Waals surface area contributed by atoms with E-state index in [-0.39, 0.29) is 11.5 Å². The molecule has 0 amide bonds. The van der Waals surface area contributed by atoms with Gasteiger partial charge in [-0.3, -0.25) is 0 Å². The first-order valence-corrected chi connectivity index (χ1v) is 11.1. The van der Waals surface area contributed by atoms with E-state index in [0.717, 1.165) is 41.2 Å². The van der Waals surface area contributed by atoms with E-state index in [1.807, 2.05) is 34.2 Å². The number of hydrogen-bond donors (Lipinski definition) is 0. The van der Waals surface area contributed by atoms with Crippen molar-refractivity contribution >= 4 is 29.4 Å². The number of thiophene rings is 1. The maximum absolute atomic E-state index is 11.8. The van der Waals surface area contributed by atoms with Crippen LogP contribution in [0.25, 0.3) is 6.08 Å². The molecular weight excluding hydrogens is 412 g/mol. The van der Waals surface area contributed by atoms with E-state index in [1.165, 1.54) is 18.4 Å². The molecule has 0 unspecified atom stereocenters. The highest BCUT2D eigenvalue weighted by Gasteiger charge is 2.12. The molecule has 0 saturated heterocycles. The lowest BCUT2D eigenvalue weighted by atomic mass is 10.1. The number of imidazole rings is 1. The summed E-state index contributed by atoms with van der Waals surface area (Å²) in [5.41, 5.74) is 2.40. The number of carboxylic acid groups (broad SMARTS) is 1. The Labute approximate surface area is 185 Å². The summed E-state index contributed by atoms with van der Waals surface area (Å²) in [4.78, 5) is 29.0. The number of esters is 1. The molecule has 0 spiro atoms. The summed E-state index contributed by atoms with van der Waals surface area (Å²) in [6.45, 7) is 2.64. The topological polar surface area (TPSA) is 84.2 Å². The van der Waals surface area contributed by atoms with E-state index in [4.69, 9.17) is 4.74 Å². The molecule has 0 atom stereocenters. The van der Waals surface area contributed by atoms with Gasteiger partial charge in [0.2, 0.25) is 0 Å². The lowest BCUT2D eigenvalue weighted by molar-refractivity contribution is -0.299. The van der Waals surface area contributed by atoms with E-state index in [0.29, 0.717) is 18.5 Å². The zero-order valence-electron chi connectivity index (χ0n) is 17.7. The van der Waals surface area contributed by atoms with Gasteiger partial charge in [0, 0.05) is 24.3 Å². The van der Waals surface area contributed by atoms with Crippen molar-refractivity contribution < 1.29 is 19.4 Å². The number of rotatable bonds is 10. The smallest absolute Gasteiger partial charge is 0.337 e. The second-order valence-electron chi connectivity index (χ2n) is 7.19. The maximum Gasteiger partial charge on any atom is 0.337 e. The maximum atomic E-state index is 11.8. The minimum Gasteiger partial charge on any atom is -0.545 e. The third-order valence-corrected chi connectivity index (χ3v) is 5.84. The zero-order valence-corrected chi connectivity index (χ0v) is 18.5. The number of carboxylic acids is 1. The second kappa shape index (κ2) is 10.7. The van der Waals surface area contributed by atoms with E-state index >= 15 is 0 Å². The van der Waals surface area contributed by atoms with Gasteiger partial charge in [0.15, 0.2) is 0 Å². The van der Waals surface area contributed by atoms with Gasteiger partial charge in [0.05, 0.1) is 30.5 Å². The summed E-state index contributed by atoms with van der Waals surface area (Å²) in [5.74, 6) is -0.661. The first-order valence-electron chi connectivity index (χ1n) is 10.2. The lowest BCUT2D eigenvalue weighted by Crippen LogP contribution is -2.25. The summed E-state index contributed by atoms with van der Waals surface area (Å²) < 4.78 is 6.78. The average molecular weight is 438 g/mol. The molecule has 6 nitrogen and oxygen atoms in total. The SMILES string of the molecule is CCCCc1ncc(C=C(Cc2cccs2)C(=O)[O-])n1Cc1ccc(C(=O)OC)cc1. The van der Waals surface area contributed by atoms with E-state index in [2.05, 4.69) is 11.9 Å². The van der Waals surface area contributed by atoms with Crippen LogP contribution in [0.4, 0.5) is 0 Å². The predicted molar refractivity (Wildman–Crippen MR) is 119 cm³/mol. The Morgan fingerprint density at radius 2 is 2.00 bits per heavy atom. The number of ether oxygens (including phenoxy) is 1. The van der Waals surface area contributed by atoms with Crippen molar-refractivity contribution in [3.63, 3.8) is 0 Å². The molecule has 0 bridgehead atoms. The largest absolute Gasteiger partial charge is 0.545 e. The van der Waals surface area contributed by atoms with Crippen LogP contribution in [0.2, 0.25) is 0 Å². The molecular formula is C24H25N2O4S-. The van der Waals surface area contributed by atoms with Gasteiger partial charge < -0.3 is 19.2 Å². The fraction of sp³-hybridized carbons (Fsp3) is 0.292. The molecule has 2 aromatic heterocycles. The Hall–Kier alpha value is -3.19. The fourth-order valence-electron chi connectivity index (χ4n) is 3.27. The minimum atomic E-state index is -1.18. The summed E-state index contributed by atoms with van der Waals surface area (Å²) in [7, 11) is 1.35. The van der Waals surface area contributed by atoms with Crippen LogP contribution in [0.1, 0.15) is 52.1 Å². The van der Waals surface area contributed by atoms with Crippen LogP contribution < -0.4 is 5.11 Å². The fourth-order valence-corrected chi connectivity index (χ4v) is 4.00. The molecule has 31 heavy (non-hydrogen) atoms. The molecule has 0 saturated carbocycles. The normalized spacial score (nSPS) is 11.5. The molecule has 3 aromatic rings. The monoisotopic (exact) mass is 437 g/mol. The Kier molecular flexibility index (Phi) is 7.78. The van der Waals surface area contributed by atoms with Crippen LogP contribution in [0, 0.1) is 0 Å². The number of aliphatic carboxylic acids is 1. The Morgan fingerprint density at radius 3 is 2.61 bits per heavy atom. The van der Waals surface area contributed by atoms with Gasteiger partial charge in [-0.15, -0.1) is 11.3 Å². The molecule has 3 rings (SSSR count). The van der Waals surface area contributed by atoms with Crippen molar-refractivity contribution in [2.24, 2.45) is 0 Å². The van der Waals surface area contributed by atoms with Gasteiger partial charge in [0.25, 0.3) is 0 Å². The second-order valence-corrected chi connectivity index (χ2v) is 8.22. The van der Waals surface area contributed by atoms with Crippen molar-refractivity contribution in [3.8, 4) is 0 Å². The molecule has 162 valence electrons. The molecule has 0 radical (unpaired) electrons. The Bertz CT molecular complexity index is 1050. The first kappa shape index (κ1) is 22.5. The molecule has 0 aliphatic heterocycles. The van der Waals surface area contributed by atoms with E-state index in [1.54, 1.807) is 24.4 Å². The summed E-state index contributed by atoms with van der Waals surface area (Å²) in [6.07, 6.45) is 6.50. The van der Waals surface area contributed by atoms with Gasteiger partial charge in [0.1, 0.15) is 5.82 Å². The van der Waals surface area contributed by atoms with E-state index in [9.17, 15) is 14.7 Å². The third-order valence-electron chi connectivity index (χ3n) is 4.97. The van der Waals surface area contributed by atoms with Crippen molar-refractivity contribution in [2.45, 2.75) is 39.2 Å². The molecule has 7 heteroatoms. The van der Waals surface area contributed by atoms with E-state index < -0.39 is 5.97 Å². The number of aromatic nitrogens is 2. The van der Waals surface area contributed by atoms with Gasteiger partial charge in [-0.2, -0.15) is 0 Å².